The van der Waals surface area contributed by atoms with Gasteiger partial charge in [0.1, 0.15) is 31.1 Å². The van der Waals surface area contributed by atoms with Gasteiger partial charge in [-0.15, -0.1) is 0 Å². The van der Waals surface area contributed by atoms with Gasteiger partial charge in [-0.3, -0.25) is 28.8 Å². The molecule has 638 valence electrons. The molecule has 0 bridgehead atoms. The minimum Gasteiger partial charge on any atom is -0.458 e. The predicted molar refractivity (Wildman–Crippen MR) is 430 cm³/mol. The van der Waals surface area contributed by atoms with Crippen LogP contribution in [0.1, 0.15) is 121 Å². The van der Waals surface area contributed by atoms with E-state index >= 15 is 4.39 Å². The Morgan fingerprint density at radius 3 is 1.74 bits per heavy atom. The second-order valence-electron chi connectivity index (χ2n) is 28.7. The number of carbonyl (C=O) groups is 7. The molecule has 31 nitrogen and oxygen atoms in total. The highest BCUT2D eigenvalue weighted by atomic mass is 19.1. The Morgan fingerprint density at radius 2 is 1.16 bits per heavy atom. The van der Waals surface area contributed by atoms with Crippen LogP contribution in [0.4, 0.5) is 20.6 Å². The molecule has 0 spiro atoms. The van der Waals surface area contributed by atoms with E-state index < -0.39 is 64.9 Å². The zero-order chi connectivity index (χ0) is 83.6. The van der Waals surface area contributed by atoms with Gasteiger partial charge in [0.05, 0.1) is 206 Å². The van der Waals surface area contributed by atoms with Crippen LogP contribution < -0.4 is 37.0 Å². The number of carbonyl (C=O) groups excluding carboxylic acids is 7. The van der Waals surface area contributed by atoms with E-state index in [9.17, 15) is 43.5 Å². The maximum atomic E-state index is 15.5. The Bertz CT molecular complexity index is 4500. The molecule has 3 aliphatic heterocycles. The quantitative estimate of drug-likeness (QED) is 0.0135. The third-order valence-corrected chi connectivity index (χ3v) is 20.2. The van der Waals surface area contributed by atoms with Crippen molar-refractivity contribution < 1.29 is 109 Å². The van der Waals surface area contributed by atoms with E-state index in [1.54, 1.807) is 62.9 Å². The van der Waals surface area contributed by atoms with Crippen molar-refractivity contribution in [2.45, 2.75) is 123 Å². The highest BCUT2D eigenvalue weighted by Crippen LogP contribution is 2.46. The number of aromatic nitrogens is 2. The lowest BCUT2D eigenvalue weighted by Gasteiger charge is -2.31. The number of hydrogen-bond donors (Lipinski definition) is 6. The average Bonchev–Trinajstić information content (AvgIpc) is 1.52. The van der Waals surface area contributed by atoms with E-state index in [2.05, 4.69) is 38.4 Å². The SMILES string of the molecule is CC[C@]1(O)C(=O)OCc2c1cc1n(c2=O)Cc2c-1nc1cc(F)c(C)c3c1c2C(NC(=O)OCc1ccc(NC(=O)[C@@H](C)NC(=O)[C@H](NC(=O)CCOCCOCCOCCOCCOCCOCCOCCOCCOCCOCCOCCOCCNC(=O)CCC(=O)N2Cc4ccccc4C#Cc4ccccc42)C(C)C)cc1)CC3. The van der Waals surface area contributed by atoms with Crippen LogP contribution >= 0.6 is 0 Å². The number of fused-ring (bicyclic) bond motifs is 7. The van der Waals surface area contributed by atoms with Gasteiger partial charge in [0.2, 0.25) is 29.5 Å². The second-order valence-corrected chi connectivity index (χ2v) is 28.7. The van der Waals surface area contributed by atoms with Crippen LogP contribution in [-0.2, 0) is 133 Å². The van der Waals surface area contributed by atoms with Crippen LogP contribution in [0, 0.1) is 30.5 Å². The second kappa shape index (κ2) is 47.2. The molecule has 2 aromatic heterocycles. The number of alkyl carbamates (subject to hydrolysis) is 1. The summed E-state index contributed by atoms with van der Waals surface area (Å²) in [4.78, 5) is 113. The molecule has 0 saturated carbocycles. The van der Waals surface area contributed by atoms with Crippen LogP contribution in [-0.4, -0.2) is 233 Å². The molecule has 32 heteroatoms. The molecule has 1 unspecified atom stereocenters. The van der Waals surface area contributed by atoms with Crippen molar-refractivity contribution in [3.8, 4) is 23.2 Å². The summed E-state index contributed by atoms with van der Waals surface area (Å²) in [5, 5.41) is 26.1. The maximum absolute atomic E-state index is 15.5. The van der Waals surface area contributed by atoms with Gasteiger partial charge in [-0.1, -0.05) is 75.1 Å². The number of ether oxygens (including phenoxy) is 14. The highest BCUT2D eigenvalue weighted by Gasteiger charge is 2.46. The Labute approximate surface area is 685 Å². The number of nitrogens with one attached hydrogen (secondary N) is 5. The number of cyclic esters (lactones) is 1. The van der Waals surface area contributed by atoms with Crippen molar-refractivity contribution in [3.63, 3.8) is 0 Å². The molecule has 5 heterocycles. The van der Waals surface area contributed by atoms with E-state index in [0.29, 0.717) is 215 Å². The predicted octanol–water partition coefficient (Wildman–Crippen LogP) is 6.46. The van der Waals surface area contributed by atoms with Crippen LogP contribution in [0.2, 0.25) is 0 Å². The van der Waals surface area contributed by atoms with Crippen LogP contribution in [0.5, 0.6) is 0 Å². The number of pyridine rings is 2. The molecule has 0 fully saturated rings. The van der Waals surface area contributed by atoms with E-state index in [4.69, 9.17) is 71.3 Å². The standard InChI is InChI=1S/C86H109FN8O23/c1-6-86(104)68-51-73-80-66(54-95(73)83(101)67(68)56-117-84(86)102)78-70(22-21-65-58(4)69(87)52-71(91-80)77(65)78)92-85(103)118-55-60-15-19-64(20-16-60)90-81(99)59(5)89-82(100)79(57(2)3)93-75(97)25-27-105-29-31-107-33-35-109-37-39-111-41-43-113-45-47-115-49-50-116-48-46-114-44-42-112-40-38-110-36-34-108-32-30-106-28-26-88-74(96)23-24-76(98)94-53-63-13-8-7-11-61(63)17-18-62-12-9-10-14-72(62)94/h7-16,19-20,51-52,57,59,70,79,104H,6,21-50,53-56H2,1-5H3,(H,88,96)(H,89,100)(H,90,99)(H,92,103)(H,93,97)/t59-,70?,79-,86-/m1/s1. The number of benzene rings is 4. The molecular weight excluding hydrogens is 1530 g/mol. The summed E-state index contributed by atoms with van der Waals surface area (Å²) in [5.41, 5.74) is 5.77. The lowest BCUT2D eigenvalue weighted by molar-refractivity contribution is -0.172. The van der Waals surface area contributed by atoms with Gasteiger partial charge in [-0.2, -0.15) is 0 Å². The zero-order valence-corrected chi connectivity index (χ0v) is 67.8. The van der Waals surface area contributed by atoms with Crippen LogP contribution in [0.3, 0.4) is 0 Å². The third kappa shape index (κ3) is 26.2. The Morgan fingerprint density at radius 1 is 0.619 bits per heavy atom. The van der Waals surface area contributed by atoms with Crippen molar-refractivity contribution in [3.05, 3.63) is 157 Å². The third-order valence-electron chi connectivity index (χ3n) is 20.2. The number of aliphatic hydroxyl groups is 1. The van der Waals surface area contributed by atoms with E-state index in [1.165, 1.54) is 17.6 Å². The number of anilines is 2. The normalized spacial score (nSPS) is 15.4. The molecule has 4 aliphatic rings. The molecule has 4 aromatic carbocycles. The summed E-state index contributed by atoms with van der Waals surface area (Å²) in [6.45, 7) is 17.9. The molecular formula is C86H109FN8O23. The van der Waals surface area contributed by atoms with Gasteiger partial charge in [-0.25, -0.2) is 19.0 Å². The minimum absolute atomic E-state index is 0.00633. The first-order valence-corrected chi connectivity index (χ1v) is 40.3. The lowest BCUT2D eigenvalue weighted by atomic mass is 9.81. The van der Waals surface area contributed by atoms with E-state index in [-0.39, 0.29) is 94.1 Å². The number of esters is 1. The molecule has 6 N–H and O–H groups in total. The average molecular weight is 1640 g/mol. The summed E-state index contributed by atoms with van der Waals surface area (Å²) >= 11 is 0. The number of para-hydroxylation sites is 1. The van der Waals surface area contributed by atoms with Crippen LogP contribution in [0.25, 0.3) is 22.3 Å². The largest absolute Gasteiger partial charge is 0.458 e. The molecule has 6 amide bonds. The van der Waals surface area contributed by atoms with Crippen molar-refractivity contribution in [2.75, 3.05) is 175 Å². The number of amides is 6. The fourth-order valence-electron chi connectivity index (χ4n) is 13.7. The Balaban J connectivity index is 0.461. The van der Waals surface area contributed by atoms with Gasteiger partial charge < -0.3 is 107 Å². The summed E-state index contributed by atoms with van der Waals surface area (Å²) < 4.78 is 94.5. The van der Waals surface area contributed by atoms with Gasteiger partial charge in [0, 0.05) is 65.2 Å². The molecule has 118 heavy (non-hydrogen) atoms. The van der Waals surface area contributed by atoms with Gasteiger partial charge in [0.25, 0.3) is 5.56 Å². The van der Waals surface area contributed by atoms with Gasteiger partial charge >= 0.3 is 12.1 Å². The zero-order valence-electron chi connectivity index (χ0n) is 67.8. The topological polar surface area (TPSA) is 367 Å². The lowest BCUT2D eigenvalue weighted by Crippen LogP contribution is -2.53. The number of rotatable bonds is 52. The fraction of sp³-hybridized carbons (Fsp3) is 0.523. The number of aryl methyl sites for hydroxylation is 1. The van der Waals surface area contributed by atoms with Gasteiger partial charge in [-0.05, 0) is 103 Å². The number of halogens is 1. The molecule has 6 aromatic rings. The summed E-state index contributed by atoms with van der Waals surface area (Å²) in [6, 6.07) is 22.3. The monoisotopic (exact) mass is 1640 g/mol. The first-order valence-electron chi connectivity index (χ1n) is 40.3. The smallest absolute Gasteiger partial charge is 0.407 e. The molecule has 0 radical (unpaired) electrons. The van der Waals surface area contributed by atoms with E-state index in [1.807, 2.05) is 48.5 Å². The first kappa shape index (κ1) is 90.6. The Kier molecular flexibility index (Phi) is 36.2. The summed E-state index contributed by atoms with van der Waals surface area (Å²) in [6.07, 6.45) is 0.171. The number of nitrogens with zero attached hydrogens (tertiary/aromatic N) is 3. The summed E-state index contributed by atoms with van der Waals surface area (Å²) in [5.74, 6) is 2.98. The van der Waals surface area contributed by atoms with Crippen molar-refractivity contribution >= 4 is 63.9 Å². The van der Waals surface area contributed by atoms with Gasteiger partial charge in [0.15, 0.2) is 5.60 Å². The minimum atomic E-state index is -2.04. The number of hydrogen-bond acceptors (Lipinski definition) is 24. The maximum Gasteiger partial charge on any atom is 0.407 e. The Hall–Kier alpha value is -9.70. The van der Waals surface area contributed by atoms with Crippen LogP contribution in [0.15, 0.2) is 89.7 Å². The molecule has 0 saturated heterocycles. The molecule has 10 rings (SSSR count). The molecule has 4 atom stereocenters. The van der Waals surface area contributed by atoms with Crippen molar-refractivity contribution in [1.82, 2.24) is 30.8 Å². The van der Waals surface area contributed by atoms with Crippen molar-refractivity contribution in [1.29, 1.82) is 0 Å². The van der Waals surface area contributed by atoms with Crippen molar-refractivity contribution in [2.24, 2.45) is 5.92 Å². The first-order chi connectivity index (χ1) is 57.3. The highest BCUT2D eigenvalue weighted by molar-refractivity contribution is 5.99. The van der Waals surface area contributed by atoms with E-state index in [0.717, 1.165) is 27.9 Å². The fourth-order valence-corrected chi connectivity index (χ4v) is 13.7. The molecule has 1 aliphatic carbocycles. The summed E-state index contributed by atoms with van der Waals surface area (Å²) in [7, 11) is 0.